The Morgan fingerprint density at radius 1 is 1.50 bits per heavy atom. The van der Waals surface area contributed by atoms with Gasteiger partial charge in [0.15, 0.2) is 0 Å². The van der Waals surface area contributed by atoms with E-state index in [9.17, 15) is 0 Å². The first-order chi connectivity index (χ1) is 7.77. The molecular formula is C12H20N2O2. The number of nitrogens with one attached hydrogen (secondary N) is 1. The summed E-state index contributed by atoms with van der Waals surface area (Å²) in [5.74, 6) is 0.661. The van der Waals surface area contributed by atoms with Crippen LogP contribution in [-0.4, -0.2) is 31.3 Å². The van der Waals surface area contributed by atoms with E-state index in [2.05, 4.69) is 17.2 Å². The van der Waals surface area contributed by atoms with E-state index in [1.807, 2.05) is 19.1 Å². The van der Waals surface area contributed by atoms with Gasteiger partial charge in [-0.1, -0.05) is 0 Å². The number of nitrogens with zero attached hydrogens (tertiary/aromatic N) is 1. The summed E-state index contributed by atoms with van der Waals surface area (Å²) in [4.78, 5) is 4.19. The Bertz CT molecular complexity index is 305. The molecule has 0 spiro atoms. The zero-order valence-corrected chi connectivity index (χ0v) is 10.2. The van der Waals surface area contributed by atoms with Crippen LogP contribution < -0.4 is 10.1 Å². The molecule has 0 saturated heterocycles. The molecule has 1 rings (SSSR count). The smallest absolute Gasteiger partial charge is 0.237 e. The first-order valence-electron chi connectivity index (χ1n) is 5.61. The molecule has 0 radical (unpaired) electrons. The average molecular weight is 224 g/mol. The Labute approximate surface area is 97.0 Å². The molecule has 0 aliphatic heterocycles. The van der Waals surface area contributed by atoms with Crippen molar-refractivity contribution in [3.05, 3.63) is 18.3 Å². The number of anilines is 1. The number of hydrogen-bond donors (Lipinski definition) is 1. The van der Waals surface area contributed by atoms with E-state index in [0.717, 1.165) is 18.7 Å². The maximum atomic E-state index is 5.44. The van der Waals surface area contributed by atoms with Crippen LogP contribution in [0.2, 0.25) is 0 Å². The molecule has 90 valence electrons. The number of methoxy groups -OCH3 is 1. The van der Waals surface area contributed by atoms with Crippen LogP contribution in [0.4, 0.5) is 5.69 Å². The number of ether oxygens (including phenoxy) is 2. The van der Waals surface area contributed by atoms with Crippen molar-refractivity contribution in [1.29, 1.82) is 0 Å². The summed E-state index contributed by atoms with van der Waals surface area (Å²) in [7, 11) is 1.71. The molecule has 0 bridgehead atoms. The Morgan fingerprint density at radius 3 is 3.00 bits per heavy atom. The highest BCUT2D eigenvalue weighted by Crippen LogP contribution is 2.21. The van der Waals surface area contributed by atoms with Crippen molar-refractivity contribution in [3.63, 3.8) is 0 Å². The fourth-order valence-electron chi connectivity index (χ4n) is 1.38. The van der Waals surface area contributed by atoms with Crippen molar-refractivity contribution in [2.24, 2.45) is 0 Å². The molecule has 4 heteroatoms. The topological polar surface area (TPSA) is 43.4 Å². The minimum Gasteiger partial charge on any atom is -0.476 e. The molecule has 4 nitrogen and oxygen atoms in total. The third-order valence-corrected chi connectivity index (χ3v) is 2.21. The van der Waals surface area contributed by atoms with Crippen molar-refractivity contribution in [1.82, 2.24) is 4.98 Å². The van der Waals surface area contributed by atoms with Crippen molar-refractivity contribution in [2.45, 2.75) is 26.3 Å². The van der Waals surface area contributed by atoms with E-state index in [1.54, 1.807) is 13.3 Å². The summed E-state index contributed by atoms with van der Waals surface area (Å²) in [6.07, 6.45) is 2.69. The van der Waals surface area contributed by atoms with Gasteiger partial charge in [-0.15, -0.1) is 0 Å². The van der Waals surface area contributed by atoms with E-state index >= 15 is 0 Å². The molecule has 0 amide bonds. The highest BCUT2D eigenvalue weighted by molar-refractivity contribution is 5.52. The van der Waals surface area contributed by atoms with Crippen LogP contribution in [0.25, 0.3) is 0 Å². The molecule has 1 N–H and O–H groups in total. The minimum atomic E-state index is 0.336. The van der Waals surface area contributed by atoms with Crippen LogP contribution in [0.3, 0.4) is 0 Å². The molecule has 0 fully saturated rings. The van der Waals surface area contributed by atoms with Crippen molar-refractivity contribution >= 4 is 5.69 Å². The normalized spacial score (nSPS) is 12.2. The van der Waals surface area contributed by atoms with Crippen LogP contribution in [0, 0.1) is 0 Å². The van der Waals surface area contributed by atoms with Crippen LogP contribution >= 0.6 is 0 Å². The van der Waals surface area contributed by atoms with Gasteiger partial charge in [-0.2, -0.15) is 0 Å². The summed E-state index contributed by atoms with van der Waals surface area (Å²) in [6, 6.07) is 4.21. The quantitative estimate of drug-likeness (QED) is 0.772. The molecule has 1 aromatic rings. The monoisotopic (exact) mass is 224 g/mol. The van der Waals surface area contributed by atoms with Crippen LogP contribution in [0.5, 0.6) is 5.88 Å². The summed E-state index contributed by atoms with van der Waals surface area (Å²) in [6.45, 7) is 5.44. The second-order valence-electron chi connectivity index (χ2n) is 3.62. The molecule has 1 atom stereocenters. The Kier molecular flexibility index (Phi) is 5.64. The van der Waals surface area contributed by atoms with Gasteiger partial charge in [0.2, 0.25) is 5.88 Å². The lowest BCUT2D eigenvalue weighted by Gasteiger charge is -2.16. The zero-order valence-electron chi connectivity index (χ0n) is 10.2. The fourth-order valence-corrected chi connectivity index (χ4v) is 1.38. The van der Waals surface area contributed by atoms with E-state index in [4.69, 9.17) is 9.47 Å². The second-order valence-corrected chi connectivity index (χ2v) is 3.62. The predicted octanol–water partition coefficient (Wildman–Crippen LogP) is 2.32. The number of pyridine rings is 1. The van der Waals surface area contributed by atoms with E-state index < -0.39 is 0 Å². The third kappa shape index (κ3) is 4.06. The lowest BCUT2D eigenvalue weighted by molar-refractivity contribution is 0.191. The van der Waals surface area contributed by atoms with Gasteiger partial charge in [0.05, 0.1) is 12.3 Å². The van der Waals surface area contributed by atoms with Crippen molar-refractivity contribution in [3.8, 4) is 5.88 Å². The van der Waals surface area contributed by atoms with Crippen molar-refractivity contribution in [2.75, 3.05) is 25.6 Å². The summed E-state index contributed by atoms with van der Waals surface area (Å²) in [5, 5.41) is 3.36. The molecular weight excluding hydrogens is 204 g/mol. The SMILES string of the molecule is CCOc1ncccc1NC(C)CCOC. The number of aromatic nitrogens is 1. The van der Waals surface area contributed by atoms with Gasteiger partial charge in [-0.3, -0.25) is 0 Å². The molecule has 0 aliphatic carbocycles. The van der Waals surface area contributed by atoms with Gasteiger partial charge < -0.3 is 14.8 Å². The van der Waals surface area contributed by atoms with Crippen LogP contribution in [0.15, 0.2) is 18.3 Å². The molecule has 1 aromatic heterocycles. The molecule has 0 saturated carbocycles. The lowest BCUT2D eigenvalue weighted by Crippen LogP contribution is -2.18. The second kappa shape index (κ2) is 7.06. The van der Waals surface area contributed by atoms with E-state index in [-0.39, 0.29) is 0 Å². The highest BCUT2D eigenvalue weighted by atomic mass is 16.5. The maximum absolute atomic E-state index is 5.44. The van der Waals surface area contributed by atoms with Crippen LogP contribution in [0.1, 0.15) is 20.3 Å². The van der Waals surface area contributed by atoms with Gasteiger partial charge in [0.1, 0.15) is 0 Å². The van der Waals surface area contributed by atoms with Gasteiger partial charge in [-0.05, 0) is 32.4 Å². The maximum Gasteiger partial charge on any atom is 0.237 e. The Hall–Kier alpha value is -1.29. The lowest BCUT2D eigenvalue weighted by atomic mass is 10.2. The third-order valence-electron chi connectivity index (χ3n) is 2.21. The molecule has 16 heavy (non-hydrogen) atoms. The summed E-state index contributed by atoms with van der Waals surface area (Å²) < 4.78 is 10.5. The molecule has 0 aromatic carbocycles. The first kappa shape index (κ1) is 12.8. The van der Waals surface area contributed by atoms with Crippen LogP contribution in [-0.2, 0) is 4.74 Å². The average Bonchev–Trinajstić information content (AvgIpc) is 2.29. The van der Waals surface area contributed by atoms with Gasteiger partial charge in [0, 0.05) is 26.0 Å². The highest BCUT2D eigenvalue weighted by Gasteiger charge is 2.07. The van der Waals surface area contributed by atoms with Gasteiger partial charge in [0.25, 0.3) is 0 Å². The van der Waals surface area contributed by atoms with E-state index in [1.165, 1.54) is 0 Å². The first-order valence-corrected chi connectivity index (χ1v) is 5.61. The number of rotatable bonds is 7. The fraction of sp³-hybridized carbons (Fsp3) is 0.583. The minimum absolute atomic E-state index is 0.336. The van der Waals surface area contributed by atoms with E-state index in [0.29, 0.717) is 18.5 Å². The summed E-state index contributed by atoms with van der Waals surface area (Å²) in [5.41, 5.74) is 0.938. The molecule has 1 heterocycles. The Morgan fingerprint density at radius 2 is 2.31 bits per heavy atom. The Balaban J connectivity index is 2.57. The molecule has 0 aliphatic rings. The largest absolute Gasteiger partial charge is 0.476 e. The standard InChI is InChI=1S/C12H20N2O2/c1-4-16-12-11(6-5-8-13-12)14-10(2)7-9-15-3/h5-6,8,10,14H,4,7,9H2,1-3H3. The summed E-state index contributed by atoms with van der Waals surface area (Å²) >= 11 is 0. The zero-order chi connectivity index (χ0) is 11.8. The van der Waals surface area contributed by atoms with Gasteiger partial charge in [-0.25, -0.2) is 4.98 Å². The van der Waals surface area contributed by atoms with Gasteiger partial charge >= 0.3 is 0 Å². The number of hydrogen-bond acceptors (Lipinski definition) is 4. The molecule has 1 unspecified atom stereocenters. The predicted molar refractivity (Wildman–Crippen MR) is 65.0 cm³/mol. The van der Waals surface area contributed by atoms with Crippen molar-refractivity contribution < 1.29 is 9.47 Å².